The van der Waals surface area contributed by atoms with Crippen molar-refractivity contribution in [3.8, 4) is 0 Å². The minimum atomic E-state index is -0.986. The number of β-amino-alcohol motifs (C(OH)–C–C–N with tert-alkyl or cyclic N) is 1. The zero-order valence-electron chi connectivity index (χ0n) is 8.76. The second-order valence-electron chi connectivity index (χ2n) is 3.97. The Kier molecular flexibility index (Phi) is 2.70. The molecule has 0 saturated carbocycles. The molecule has 0 amide bonds. The summed E-state index contributed by atoms with van der Waals surface area (Å²) < 4.78 is 0. The molecule has 5 heteroatoms. The first-order chi connectivity index (χ1) is 7.58. The van der Waals surface area contributed by atoms with Crippen molar-refractivity contribution in [3.05, 3.63) is 23.8 Å². The predicted octanol–water partition coefficient (Wildman–Crippen LogP) is 0.538. The molecular weight excluding hydrogens is 208 g/mol. The van der Waals surface area contributed by atoms with Crippen LogP contribution in [0.1, 0.15) is 16.8 Å². The van der Waals surface area contributed by atoms with Crippen LogP contribution < -0.4 is 10.6 Å². The Bertz CT molecular complexity index is 420. The van der Waals surface area contributed by atoms with Crippen molar-refractivity contribution in [1.29, 1.82) is 0 Å². The third-order valence-corrected chi connectivity index (χ3v) is 2.78. The van der Waals surface area contributed by atoms with Crippen LogP contribution in [0.15, 0.2) is 18.2 Å². The van der Waals surface area contributed by atoms with E-state index in [1.807, 2.05) is 4.90 Å². The van der Waals surface area contributed by atoms with Gasteiger partial charge in [0.25, 0.3) is 0 Å². The van der Waals surface area contributed by atoms with E-state index in [2.05, 4.69) is 0 Å². The van der Waals surface area contributed by atoms with E-state index in [1.54, 1.807) is 6.07 Å². The highest BCUT2D eigenvalue weighted by Crippen LogP contribution is 2.27. The average molecular weight is 222 g/mol. The lowest BCUT2D eigenvalue weighted by molar-refractivity contribution is 0.0697. The maximum absolute atomic E-state index is 10.7. The van der Waals surface area contributed by atoms with Gasteiger partial charge in [0.15, 0.2) is 0 Å². The Labute approximate surface area is 93.1 Å². The van der Waals surface area contributed by atoms with Crippen LogP contribution in [0.25, 0.3) is 0 Å². The molecule has 2 rings (SSSR count). The normalized spacial score (nSPS) is 20.1. The molecule has 0 bridgehead atoms. The highest BCUT2D eigenvalue weighted by atomic mass is 16.4. The lowest BCUT2D eigenvalue weighted by Crippen LogP contribution is -2.22. The zero-order chi connectivity index (χ0) is 11.7. The number of nitrogen functional groups attached to an aromatic ring is 1. The minimum absolute atomic E-state index is 0.181. The highest BCUT2D eigenvalue weighted by Gasteiger charge is 2.22. The molecule has 1 aliphatic heterocycles. The fourth-order valence-corrected chi connectivity index (χ4v) is 1.94. The molecule has 1 atom stereocenters. The number of anilines is 2. The molecule has 4 N–H and O–H groups in total. The Morgan fingerprint density at radius 2 is 2.25 bits per heavy atom. The summed E-state index contributed by atoms with van der Waals surface area (Å²) in [5.74, 6) is -0.986. The number of nitrogens with zero attached hydrogens (tertiary/aromatic N) is 1. The third kappa shape index (κ3) is 1.94. The van der Waals surface area contributed by atoms with Gasteiger partial charge in [-0.25, -0.2) is 4.79 Å². The molecule has 16 heavy (non-hydrogen) atoms. The Balaban J connectivity index is 2.26. The smallest absolute Gasteiger partial charge is 0.335 e. The summed E-state index contributed by atoms with van der Waals surface area (Å²) in [5.41, 5.74) is 7.21. The molecule has 1 saturated heterocycles. The first-order valence-corrected chi connectivity index (χ1v) is 5.14. The van der Waals surface area contributed by atoms with Crippen LogP contribution in [0.3, 0.4) is 0 Å². The molecule has 1 aromatic carbocycles. The molecule has 1 aromatic rings. The van der Waals surface area contributed by atoms with E-state index in [9.17, 15) is 9.90 Å². The number of hydrogen-bond acceptors (Lipinski definition) is 4. The fourth-order valence-electron chi connectivity index (χ4n) is 1.94. The predicted molar refractivity (Wildman–Crippen MR) is 60.7 cm³/mol. The molecule has 1 unspecified atom stereocenters. The minimum Gasteiger partial charge on any atom is -0.478 e. The highest BCUT2D eigenvalue weighted by molar-refractivity contribution is 5.90. The molecule has 0 spiro atoms. The second kappa shape index (κ2) is 4.02. The van der Waals surface area contributed by atoms with E-state index in [4.69, 9.17) is 10.8 Å². The van der Waals surface area contributed by atoms with Crippen LogP contribution in [-0.2, 0) is 0 Å². The van der Waals surface area contributed by atoms with Gasteiger partial charge in [-0.1, -0.05) is 0 Å². The van der Waals surface area contributed by atoms with Crippen LogP contribution in [0.2, 0.25) is 0 Å². The van der Waals surface area contributed by atoms with Gasteiger partial charge < -0.3 is 20.8 Å². The van der Waals surface area contributed by atoms with Crippen molar-refractivity contribution in [2.45, 2.75) is 12.5 Å². The van der Waals surface area contributed by atoms with E-state index in [1.165, 1.54) is 12.1 Å². The molecule has 0 aliphatic carbocycles. The monoisotopic (exact) mass is 222 g/mol. The molecule has 1 heterocycles. The maximum atomic E-state index is 10.7. The summed E-state index contributed by atoms with van der Waals surface area (Å²) >= 11 is 0. The van der Waals surface area contributed by atoms with Gasteiger partial charge in [0.1, 0.15) is 0 Å². The van der Waals surface area contributed by atoms with Crippen LogP contribution >= 0.6 is 0 Å². The standard InChI is InChI=1S/C11H14N2O3/c12-9-5-7(11(15)16)1-2-10(9)13-4-3-8(14)6-13/h1-2,5,8,14H,3-4,6,12H2,(H,15,16). The van der Waals surface area contributed by atoms with E-state index in [-0.39, 0.29) is 11.7 Å². The topological polar surface area (TPSA) is 86.8 Å². The summed E-state index contributed by atoms with van der Waals surface area (Å²) in [6.07, 6.45) is 0.402. The molecule has 0 aromatic heterocycles. The van der Waals surface area contributed by atoms with E-state index in [0.717, 1.165) is 18.7 Å². The van der Waals surface area contributed by atoms with Gasteiger partial charge in [0.2, 0.25) is 0 Å². The second-order valence-corrected chi connectivity index (χ2v) is 3.97. The van der Waals surface area contributed by atoms with Crippen LogP contribution in [0.5, 0.6) is 0 Å². The quantitative estimate of drug-likeness (QED) is 0.636. The Hall–Kier alpha value is -1.75. The van der Waals surface area contributed by atoms with Crippen molar-refractivity contribution < 1.29 is 15.0 Å². The largest absolute Gasteiger partial charge is 0.478 e. The van der Waals surface area contributed by atoms with Gasteiger partial charge in [-0.3, -0.25) is 0 Å². The first-order valence-electron chi connectivity index (χ1n) is 5.14. The number of carboxylic acids is 1. The van der Waals surface area contributed by atoms with E-state index >= 15 is 0 Å². The number of aliphatic hydroxyl groups excluding tert-OH is 1. The lowest BCUT2D eigenvalue weighted by Gasteiger charge is -2.20. The molecule has 86 valence electrons. The molecular formula is C11H14N2O3. The molecule has 1 fully saturated rings. The number of hydrogen-bond donors (Lipinski definition) is 3. The van der Waals surface area contributed by atoms with Gasteiger partial charge in [-0.05, 0) is 24.6 Å². The number of benzene rings is 1. The fraction of sp³-hybridized carbons (Fsp3) is 0.364. The van der Waals surface area contributed by atoms with Crippen LogP contribution in [-0.4, -0.2) is 35.4 Å². The summed E-state index contributed by atoms with van der Waals surface area (Å²) in [7, 11) is 0. The summed E-state index contributed by atoms with van der Waals surface area (Å²) in [6.45, 7) is 1.30. The van der Waals surface area contributed by atoms with Gasteiger partial charge in [-0.15, -0.1) is 0 Å². The van der Waals surface area contributed by atoms with Gasteiger partial charge in [0, 0.05) is 13.1 Å². The van der Waals surface area contributed by atoms with Gasteiger partial charge >= 0.3 is 5.97 Å². The Morgan fingerprint density at radius 1 is 1.50 bits per heavy atom. The number of aromatic carboxylic acids is 1. The van der Waals surface area contributed by atoms with Gasteiger partial charge in [-0.2, -0.15) is 0 Å². The first kappa shape index (κ1) is 10.8. The summed E-state index contributed by atoms with van der Waals surface area (Å²) in [4.78, 5) is 12.7. The van der Waals surface area contributed by atoms with Crippen molar-refractivity contribution >= 4 is 17.3 Å². The van der Waals surface area contributed by atoms with Crippen molar-refractivity contribution in [1.82, 2.24) is 0 Å². The molecule has 5 nitrogen and oxygen atoms in total. The number of carbonyl (C=O) groups is 1. The summed E-state index contributed by atoms with van der Waals surface area (Å²) in [6, 6.07) is 4.66. The number of carboxylic acid groups (broad SMARTS) is 1. The SMILES string of the molecule is Nc1cc(C(=O)O)ccc1N1CCC(O)C1. The van der Waals surface area contributed by atoms with Crippen molar-refractivity contribution in [2.24, 2.45) is 0 Å². The van der Waals surface area contributed by atoms with Gasteiger partial charge in [0.05, 0.1) is 23.0 Å². The molecule has 0 radical (unpaired) electrons. The van der Waals surface area contributed by atoms with E-state index in [0.29, 0.717) is 12.2 Å². The van der Waals surface area contributed by atoms with E-state index < -0.39 is 5.97 Å². The summed E-state index contributed by atoms with van der Waals surface area (Å²) in [5, 5.41) is 18.2. The number of nitrogens with two attached hydrogens (primary N) is 1. The number of aliphatic hydroxyl groups is 1. The molecule has 1 aliphatic rings. The number of rotatable bonds is 2. The van der Waals surface area contributed by atoms with Crippen molar-refractivity contribution in [3.63, 3.8) is 0 Å². The Morgan fingerprint density at radius 3 is 2.75 bits per heavy atom. The van der Waals surface area contributed by atoms with Crippen LogP contribution in [0, 0.1) is 0 Å². The average Bonchev–Trinajstić information content (AvgIpc) is 2.64. The third-order valence-electron chi connectivity index (χ3n) is 2.78. The zero-order valence-corrected chi connectivity index (χ0v) is 8.76. The van der Waals surface area contributed by atoms with Crippen molar-refractivity contribution in [2.75, 3.05) is 23.7 Å². The maximum Gasteiger partial charge on any atom is 0.335 e. The van der Waals surface area contributed by atoms with Crippen LogP contribution in [0.4, 0.5) is 11.4 Å². The lowest BCUT2D eigenvalue weighted by atomic mass is 10.1.